The molecule has 4 aromatic rings. The number of nitrogens with one attached hydrogen (secondary N) is 1. The van der Waals surface area contributed by atoms with E-state index in [-0.39, 0.29) is 0 Å². The molecule has 0 saturated heterocycles. The zero-order valence-electron chi connectivity index (χ0n) is 15.1. The molecule has 126 valence electrons. The van der Waals surface area contributed by atoms with Crippen LogP contribution in [0.5, 0.6) is 0 Å². The van der Waals surface area contributed by atoms with Crippen LogP contribution in [0.4, 0.5) is 0 Å². The van der Waals surface area contributed by atoms with E-state index < -0.39 is 0 Å². The second kappa shape index (κ2) is 6.01. The number of fused-ring (bicyclic) bond motifs is 3. The lowest BCUT2D eigenvalue weighted by atomic mass is 9.93. The third-order valence-corrected chi connectivity index (χ3v) is 4.86. The van der Waals surface area contributed by atoms with Gasteiger partial charge in [0.15, 0.2) is 0 Å². The highest BCUT2D eigenvalue weighted by molar-refractivity contribution is 6.14. The van der Waals surface area contributed by atoms with Crippen LogP contribution in [0.25, 0.3) is 33.1 Å². The Morgan fingerprint density at radius 2 is 1.88 bits per heavy atom. The highest BCUT2D eigenvalue weighted by Crippen LogP contribution is 2.38. The molecule has 1 N–H and O–H groups in total. The van der Waals surface area contributed by atoms with E-state index in [1.54, 1.807) is 7.11 Å². The minimum Gasteiger partial charge on any atom is -0.380 e. The van der Waals surface area contributed by atoms with Crippen molar-refractivity contribution in [2.45, 2.75) is 27.4 Å². The number of aryl methyl sites for hydroxylation is 3. The highest BCUT2D eigenvalue weighted by Gasteiger charge is 2.16. The Bertz CT molecular complexity index is 1090. The SMILES string of the molecule is COCc1cc(-c2cccc(C)c2)c2c([nH]c3ncc(C)cc32)c1C. The fourth-order valence-corrected chi connectivity index (χ4v) is 3.60. The van der Waals surface area contributed by atoms with Crippen molar-refractivity contribution in [3.8, 4) is 11.1 Å². The monoisotopic (exact) mass is 330 g/mol. The molecule has 0 aliphatic carbocycles. The molecule has 0 fully saturated rings. The maximum Gasteiger partial charge on any atom is 0.138 e. The van der Waals surface area contributed by atoms with Crippen molar-refractivity contribution in [2.75, 3.05) is 7.11 Å². The standard InChI is InChI=1S/C22H22N2O/c1-13-6-5-7-16(8-13)18-10-17(12-25-4)15(3)21-20(18)19-9-14(2)11-23-22(19)24-21/h5-11H,12H2,1-4H3,(H,23,24). The number of aromatic nitrogens is 2. The molecule has 2 aromatic heterocycles. The molecule has 25 heavy (non-hydrogen) atoms. The summed E-state index contributed by atoms with van der Waals surface area (Å²) in [5, 5.41) is 2.42. The first-order chi connectivity index (χ1) is 12.1. The van der Waals surface area contributed by atoms with E-state index in [2.05, 4.69) is 67.1 Å². The van der Waals surface area contributed by atoms with E-state index >= 15 is 0 Å². The number of nitrogens with zero attached hydrogens (tertiary/aromatic N) is 1. The zero-order chi connectivity index (χ0) is 17.6. The van der Waals surface area contributed by atoms with Crippen LogP contribution in [0.3, 0.4) is 0 Å². The minimum atomic E-state index is 0.600. The average molecular weight is 330 g/mol. The summed E-state index contributed by atoms with van der Waals surface area (Å²) in [4.78, 5) is 8.13. The van der Waals surface area contributed by atoms with Crippen molar-refractivity contribution in [2.24, 2.45) is 0 Å². The van der Waals surface area contributed by atoms with E-state index in [0.29, 0.717) is 6.61 Å². The summed E-state index contributed by atoms with van der Waals surface area (Å²) in [5.74, 6) is 0. The lowest BCUT2D eigenvalue weighted by Crippen LogP contribution is -1.95. The summed E-state index contributed by atoms with van der Waals surface area (Å²) in [6, 6.07) is 13.1. The maximum absolute atomic E-state index is 5.44. The molecule has 0 saturated carbocycles. The lowest BCUT2D eigenvalue weighted by molar-refractivity contribution is 0.184. The summed E-state index contributed by atoms with van der Waals surface area (Å²) in [6.45, 7) is 6.97. The molecule has 2 heterocycles. The number of ether oxygens (including phenoxy) is 1. The highest BCUT2D eigenvalue weighted by atomic mass is 16.5. The van der Waals surface area contributed by atoms with Gasteiger partial charge in [0.2, 0.25) is 0 Å². The third kappa shape index (κ3) is 2.61. The third-order valence-electron chi connectivity index (χ3n) is 4.86. The Balaban J connectivity index is 2.16. The van der Waals surface area contributed by atoms with Crippen molar-refractivity contribution in [1.82, 2.24) is 9.97 Å². The van der Waals surface area contributed by atoms with E-state index in [0.717, 1.165) is 11.2 Å². The predicted octanol–water partition coefficient (Wildman–Crippen LogP) is 5.45. The van der Waals surface area contributed by atoms with E-state index in [1.807, 2.05) is 6.20 Å². The molecular formula is C22H22N2O. The summed E-state index contributed by atoms with van der Waals surface area (Å²) in [7, 11) is 1.74. The Labute approximate surface area is 147 Å². The Kier molecular flexibility index (Phi) is 3.81. The molecule has 3 nitrogen and oxygen atoms in total. The Morgan fingerprint density at radius 3 is 2.64 bits per heavy atom. The van der Waals surface area contributed by atoms with Crippen LogP contribution < -0.4 is 0 Å². The van der Waals surface area contributed by atoms with Crippen LogP contribution in [0.2, 0.25) is 0 Å². The number of H-pyrrole nitrogens is 1. The summed E-state index contributed by atoms with van der Waals surface area (Å²) < 4.78 is 5.44. The molecule has 0 aliphatic heterocycles. The van der Waals surface area contributed by atoms with Crippen LogP contribution >= 0.6 is 0 Å². The first-order valence-electron chi connectivity index (χ1n) is 8.55. The average Bonchev–Trinajstić information content (AvgIpc) is 2.97. The largest absolute Gasteiger partial charge is 0.380 e. The smallest absolute Gasteiger partial charge is 0.138 e. The van der Waals surface area contributed by atoms with Gasteiger partial charge in [-0.05, 0) is 60.7 Å². The van der Waals surface area contributed by atoms with Crippen LogP contribution in [-0.4, -0.2) is 17.1 Å². The van der Waals surface area contributed by atoms with Gasteiger partial charge in [-0.1, -0.05) is 29.8 Å². The summed E-state index contributed by atoms with van der Waals surface area (Å²) >= 11 is 0. The second-order valence-corrected chi connectivity index (χ2v) is 6.79. The van der Waals surface area contributed by atoms with E-state index in [4.69, 9.17) is 4.74 Å². The number of rotatable bonds is 3. The zero-order valence-corrected chi connectivity index (χ0v) is 15.1. The van der Waals surface area contributed by atoms with Crippen molar-refractivity contribution >= 4 is 21.9 Å². The quantitative estimate of drug-likeness (QED) is 0.542. The number of methoxy groups -OCH3 is 1. The molecular weight excluding hydrogens is 308 g/mol. The molecule has 0 aliphatic rings. The number of aromatic amines is 1. The topological polar surface area (TPSA) is 37.9 Å². The molecule has 0 amide bonds. The number of pyridine rings is 1. The molecule has 0 unspecified atom stereocenters. The molecule has 0 bridgehead atoms. The molecule has 4 rings (SSSR count). The number of benzene rings is 2. The van der Waals surface area contributed by atoms with Crippen molar-refractivity contribution in [1.29, 1.82) is 0 Å². The maximum atomic E-state index is 5.44. The van der Waals surface area contributed by atoms with Crippen molar-refractivity contribution in [3.63, 3.8) is 0 Å². The van der Waals surface area contributed by atoms with Gasteiger partial charge in [0, 0.05) is 24.1 Å². The fraction of sp³-hybridized carbons (Fsp3) is 0.227. The van der Waals surface area contributed by atoms with Crippen molar-refractivity contribution in [3.05, 3.63) is 64.8 Å². The van der Waals surface area contributed by atoms with Gasteiger partial charge in [-0.25, -0.2) is 4.98 Å². The molecule has 0 atom stereocenters. The van der Waals surface area contributed by atoms with Gasteiger partial charge in [-0.3, -0.25) is 0 Å². The van der Waals surface area contributed by atoms with Crippen molar-refractivity contribution < 1.29 is 4.74 Å². The number of hydrogen-bond donors (Lipinski definition) is 1. The summed E-state index contributed by atoms with van der Waals surface area (Å²) in [6.07, 6.45) is 1.91. The van der Waals surface area contributed by atoms with E-state index in [1.165, 1.54) is 44.2 Å². The summed E-state index contributed by atoms with van der Waals surface area (Å²) in [5.41, 5.74) is 9.40. The van der Waals surface area contributed by atoms with Crippen LogP contribution in [-0.2, 0) is 11.3 Å². The Morgan fingerprint density at radius 1 is 1.04 bits per heavy atom. The normalized spacial score (nSPS) is 11.5. The lowest BCUT2D eigenvalue weighted by Gasteiger charge is -2.12. The molecule has 0 radical (unpaired) electrons. The first kappa shape index (κ1) is 15.9. The Hall–Kier alpha value is -2.65. The van der Waals surface area contributed by atoms with Gasteiger partial charge in [0.25, 0.3) is 0 Å². The van der Waals surface area contributed by atoms with Crippen LogP contribution in [0, 0.1) is 20.8 Å². The van der Waals surface area contributed by atoms with Gasteiger partial charge in [-0.15, -0.1) is 0 Å². The van der Waals surface area contributed by atoms with Gasteiger partial charge in [0.1, 0.15) is 5.65 Å². The molecule has 2 aromatic carbocycles. The number of hydrogen-bond acceptors (Lipinski definition) is 2. The van der Waals surface area contributed by atoms with Gasteiger partial charge >= 0.3 is 0 Å². The minimum absolute atomic E-state index is 0.600. The fourth-order valence-electron chi connectivity index (χ4n) is 3.60. The first-order valence-corrected chi connectivity index (χ1v) is 8.55. The van der Waals surface area contributed by atoms with Gasteiger partial charge in [-0.2, -0.15) is 0 Å². The van der Waals surface area contributed by atoms with E-state index in [9.17, 15) is 0 Å². The van der Waals surface area contributed by atoms with Crippen LogP contribution in [0.15, 0.2) is 42.6 Å². The molecule has 3 heteroatoms. The van der Waals surface area contributed by atoms with Crippen LogP contribution in [0.1, 0.15) is 22.3 Å². The van der Waals surface area contributed by atoms with Gasteiger partial charge in [0.05, 0.1) is 12.1 Å². The molecule has 0 spiro atoms. The second-order valence-electron chi connectivity index (χ2n) is 6.79. The van der Waals surface area contributed by atoms with Gasteiger partial charge < -0.3 is 9.72 Å². The predicted molar refractivity (Wildman–Crippen MR) is 104 cm³/mol.